The van der Waals surface area contributed by atoms with E-state index in [1.165, 1.54) is 16.0 Å². The van der Waals surface area contributed by atoms with Gasteiger partial charge in [0.05, 0.1) is 12.8 Å². The molecule has 124 valence electrons. The van der Waals surface area contributed by atoms with Crippen LogP contribution in [0.4, 0.5) is 10.8 Å². The number of nitrogens with zero attached hydrogens (tertiary/aromatic N) is 1. The Morgan fingerprint density at radius 2 is 1.83 bits per heavy atom. The number of thiazole rings is 1. The van der Waals surface area contributed by atoms with Crippen molar-refractivity contribution in [2.45, 2.75) is 27.2 Å². The standard InChI is InChI=1S/C20H22N2OS/c1-5-18-19(15-9-11-16(23-4)12-10-15)22-20(24-18)21-17-8-6-7-13(2)14(17)3/h6-12H,5H2,1-4H3,(H,21,22). The van der Waals surface area contributed by atoms with E-state index >= 15 is 0 Å². The number of aryl methyl sites for hydroxylation is 2. The molecule has 1 N–H and O–H groups in total. The summed E-state index contributed by atoms with van der Waals surface area (Å²) >= 11 is 1.72. The minimum atomic E-state index is 0.862. The third kappa shape index (κ3) is 3.29. The number of anilines is 2. The Hall–Kier alpha value is -2.33. The third-order valence-corrected chi connectivity index (χ3v) is 5.34. The van der Waals surface area contributed by atoms with Crippen molar-refractivity contribution in [3.8, 4) is 17.0 Å². The maximum atomic E-state index is 5.24. The summed E-state index contributed by atoms with van der Waals surface area (Å²) in [4.78, 5) is 6.12. The zero-order chi connectivity index (χ0) is 17.1. The Morgan fingerprint density at radius 3 is 2.50 bits per heavy atom. The van der Waals surface area contributed by atoms with E-state index in [0.29, 0.717) is 0 Å². The SMILES string of the molecule is CCc1sc(Nc2cccc(C)c2C)nc1-c1ccc(OC)cc1. The number of aromatic nitrogens is 1. The van der Waals surface area contributed by atoms with Gasteiger partial charge in [-0.3, -0.25) is 0 Å². The summed E-state index contributed by atoms with van der Waals surface area (Å²) in [5, 5.41) is 4.42. The van der Waals surface area contributed by atoms with Crippen LogP contribution in [-0.4, -0.2) is 12.1 Å². The predicted octanol–water partition coefficient (Wildman–Crippen LogP) is 5.74. The Balaban J connectivity index is 1.93. The lowest BCUT2D eigenvalue weighted by Gasteiger charge is -2.08. The summed E-state index contributed by atoms with van der Waals surface area (Å²) in [6.45, 7) is 6.43. The molecule has 0 saturated heterocycles. The highest BCUT2D eigenvalue weighted by Gasteiger charge is 2.13. The first-order valence-corrected chi connectivity index (χ1v) is 8.91. The molecule has 2 aromatic carbocycles. The molecule has 1 aromatic heterocycles. The number of hydrogen-bond acceptors (Lipinski definition) is 4. The van der Waals surface area contributed by atoms with Gasteiger partial charge in [-0.2, -0.15) is 0 Å². The molecular weight excluding hydrogens is 316 g/mol. The zero-order valence-corrected chi connectivity index (χ0v) is 15.3. The molecule has 0 bridgehead atoms. The number of ether oxygens (including phenoxy) is 1. The van der Waals surface area contributed by atoms with Gasteiger partial charge in [-0.1, -0.05) is 19.1 Å². The summed E-state index contributed by atoms with van der Waals surface area (Å²) in [7, 11) is 1.68. The largest absolute Gasteiger partial charge is 0.497 e. The quantitative estimate of drug-likeness (QED) is 0.644. The zero-order valence-electron chi connectivity index (χ0n) is 14.5. The molecule has 24 heavy (non-hydrogen) atoms. The molecule has 1 heterocycles. The van der Waals surface area contributed by atoms with Crippen molar-refractivity contribution in [3.05, 3.63) is 58.5 Å². The average molecular weight is 338 g/mol. The minimum Gasteiger partial charge on any atom is -0.497 e. The summed E-state index contributed by atoms with van der Waals surface area (Å²) < 4.78 is 5.24. The number of benzene rings is 2. The van der Waals surface area contributed by atoms with Crippen LogP contribution in [0, 0.1) is 13.8 Å². The molecule has 0 aliphatic carbocycles. The van der Waals surface area contributed by atoms with E-state index in [1.807, 2.05) is 12.1 Å². The van der Waals surface area contributed by atoms with Gasteiger partial charge in [-0.05, 0) is 61.7 Å². The molecule has 0 fully saturated rings. The molecule has 0 aliphatic heterocycles. The van der Waals surface area contributed by atoms with Gasteiger partial charge in [-0.15, -0.1) is 11.3 Å². The molecule has 0 amide bonds. The van der Waals surface area contributed by atoms with E-state index in [4.69, 9.17) is 9.72 Å². The van der Waals surface area contributed by atoms with E-state index in [0.717, 1.165) is 34.2 Å². The highest BCUT2D eigenvalue weighted by molar-refractivity contribution is 7.16. The topological polar surface area (TPSA) is 34.2 Å². The lowest BCUT2D eigenvalue weighted by atomic mass is 10.1. The first-order chi connectivity index (χ1) is 11.6. The highest BCUT2D eigenvalue weighted by Crippen LogP contribution is 2.34. The third-order valence-electron chi connectivity index (χ3n) is 4.23. The summed E-state index contributed by atoms with van der Waals surface area (Å²) in [6, 6.07) is 14.4. The lowest BCUT2D eigenvalue weighted by molar-refractivity contribution is 0.415. The van der Waals surface area contributed by atoms with Gasteiger partial charge in [0.15, 0.2) is 5.13 Å². The summed E-state index contributed by atoms with van der Waals surface area (Å²) in [5.74, 6) is 0.862. The van der Waals surface area contributed by atoms with Crippen molar-refractivity contribution >= 4 is 22.2 Å². The maximum Gasteiger partial charge on any atom is 0.187 e. The summed E-state index contributed by atoms with van der Waals surface area (Å²) in [5.41, 5.74) is 5.84. The molecule has 3 nitrogen and oxygen atoms in total. The molecular formula is C20H22N2OS. The van der Waals surface area contributed by atoms with Crippen LogP contribution in [0.1, 0.15) is 22.9 Å². The van der Waals surface area contributed by atoms with Gasteiger partial charge >= 0.3 is 0 Å². The van der Waals surface area contributed by atoms with Gasteiger partial charge < -0.3 is 10.1 Å². The average Bonchev–Trinajstić information content (AvgIpc) is 3.02. The number of methoxy groups -OCH3 is 1. The number of hydrogen-bond donors (Lipinski definition) is 1. The molecule has 4 heteroatoms. The van der Waals surface area contributed by atoms with Crippen molar-refractivity contribution in [2.24, 2.45) is 0 Å². The maximum absolute atomic E-state index is 5.24. The fourth-order valence-electron chi connectivity index (χ4n) is 2.62. The van der Waals surface area contributed by atoms with Crippen molar-refractivity contribution in [2.75, 3.05) is 12.4 Å². The smallest absolute Gasteiger partial charge is 0.187 e. The van der Waals surface area contributed by atoms with E-state index in [9.17, 15) is 0 Å². The predicted molar refractivity (Wildman–Crippen MR) is 103 cm³/mol. The van der Waals surface area contributed by atoms with Crippen LogP contribution in [-0.2, 0) is 6.42 Å². The van der Waals surface area contributed by atoms with Gasteiger partial charge in [0, 0.05) is 16.1 Å². The molecule has 0 radical (unpaired) electrons. The lowest BCUT2D eigenvalue weighted by Crippen LogP contribution is -1.94. The molecule has 0 unspecified atom stereocenters. The molecule has 0 saturated carbocycles. The normalized spacial score (nSPS) is 10.7. The van der Waals surface area contributed by atoms with Crippen LogP contribution in [0.5, 0.6) is 5.75 Å². The fourth-order valence-corrected chi connectivity index (χ4v) is 3.56. The fraction of sp³-hybridized carbons (Fsp3) is 0.250. The minimum absolute atomic E-state index is 0.862. The molecule has 3 aromatic rings. The Labute approximate surface area is 147 Å². The first-order valence-electron chi connectivity index (χ1n) is 8.09. The van der Waals surface area contributed by atoms with Crippen molar-refractivity contribution < 1.29 is 4.74 Å². The Bertz CT molecular complexity index is 837. The van der Waals surface area contributed by atoms with Crippen molar-refractivity contribution in [3.63, 3.8) is 0 Å². The van der Waals surface area contributed by atoms with E-state index in [1.54, 1.807) is 18.4 Å². The summed E-state index contributed by atoms with van der Waals surface area (Å²) in [6.07, 6.45) is 0.966. The van der Waals surface area contributed by atoms with E-state index < -0.39 is 0 Å². The Kier molecular flexibility index (Phi) is 4.86. The van der Waals surface area contributed by atoms with Gasteiger partial charge in [0.2, 0.25) is 0 Å². The number of rotatable bonds is 5. The monoisotopic (exact) mass is 338 g/mol. The van der Waals surface area contributed by atoms with Crippen LogP contribution >= 0.6 is 11.3 Å². The van der Waals surface area contributed by atoms with Crippen molar-refractivity contribution in [1.29, 1.82) is 0 Å². The van der Waals surface area contributed by atoms with E-state index in [-0.39, 0.29) is 0 Å². The molecule has 3 rings (SSSR count). The van der Waals surface area contributed by atoms with Gasteiger partial charge in [-0.25, -0.2) is 4.98 Å². The van der Waals surface area contributed by atoms with Gasteiger partial charge in [0.25, 0.3) is 0 Å². The Morgan fingerprint density at radius 1 is 1.08 bits per heavy atom. The van der Waals surface area contributed by atoms with Crippen LogP contribution in [0.2, 0.25) is 0 Å². The second kappa shape index (κ2) is 7.05. The van der Waals surface area contributed by atoms with Gasteiger partial charge in [0.1, 0.15) is 5.75 Å². The first kappa shape index (κ1) is 16.5. The van der Waals surface area contributed by atoms with Crippen LogP contribution in [0.25, 0.3) is 11.3 Å². The van der Waals surface area contributed by atoms with Crippen LogP contribution in [0.3, 0.4) is 0 Å². The second-order valence-electron chi connectivity index (χ2n) is 5.75. The van der Waals surface area contributed by atoms with Crippen molar-refractivity contribution in [1.82, 2.24) is 4.98 Å². The molecule has 0 aliphatic rings. The number of nitrogens with one attached hydrogen (secondary N) is 1. The second-order valence-corrected chi connectivity index (χ2v) is 6.83. The van der Waals surface area contributed by atoms with Crippen LogP contribution in [0.15, 0.2) is 42.5 Å². The molecule has 0 spiro atoms. The highest BCUT2D eigenvalue weighted by atomic mass is 32.1. The van der Waals surface area contributed by atoms with E-state index in [2.05, 4.69) is 56.4 Å². The van der Waals surface area contributed by atoms with Crippen LogP contribution < -0.4 is 10.1 Å². The molecule has 0 atom stereocenters.